The Labute approximate surface area is 213 Å². The fourth-order valence-electron chi connectivity index (χ4n) is 5.25. The van der Waals surface area contributed by atoms with Gasteiger partial charge in [-0.25, -0.2) is 0 Å². The average molecular weight is 493 g/mol. The van der Waals surface area contributed by atoms with E-state index in [0.29, 0.717) is 52.5 Å². The molecule has 0 radical (unpaired) electrons. The summed E-state index contributed by atoms with van der Waals surface area (Å²) in [4.78, 5) is 31.9. The van der Waals surface area contributed by atoms with Crippen LogP contribution in [0.2, 0.25) is 0 Å². The van der Waals surface area contributed by atoms with E-state index in [1.807, 2.05) is 42.2 Å². The number of anilines is 1. The van der Waals surface area contributed by atoms with E-state index in [0.717, 1.165) is 48.6 Å². The van der Waals surface area contributed by atoms with Gasteiger partial charge in [0.05, 0.1) is 26.3 Å². The lowest BCUT2D eigenvalue weighted by Crippen LogP contribution is -2.52. The van der Waals surface area contributed by atoms with Gasteiger partial charge in [0.1, 0.15) is 0 Å². The third-order valence-electron chi connectivity index (χ3n) is 7.29. The second-order valence-electron chi connectivity index (χ2n) is 9.96. The predicted octanol–water partition coefficient (Wildman–Crippen LogP) is 3.08. The molecule has 3 heterocycles. The molecule has 2 aromatic carbocycles. The highest BCUT2D eigenvalue weighted by molar-refractivity contribution is 5.92. The number of likely N-dealkylation sites (tertiary alicyclic amines) is 1. The van der Waals surface area contributed by atoms with Crippen LogP contribution in [0.15, 0.2) is 42.5 Å². The second kappa shape index (κ2) is 11.3. The summed E-state index contributed by atoms with van der Waals surface area (Å²) in [7, 11) is 0. The number of nitrogens with one attached hydrogen (secondary N) is 1. The molecule has 2 aromatic rings. The lowest BCUT2D eigenvalue weighted by Gasteiger charge is -2.35. The van der Waals surface area contributed by atoms with Gasteiger partial charge in [0.25, 0.3) is 0 Å². The number of piperazine rings is 1. The number of rotatable bonds is 6. The fraction of sp³-hybridized carbons (Fsp3) is 0.500. The SMILES string of the molecule is Cc1ccc(NC(=O)CN2CCN(C(=O)CN3CCCC3c3ccc4c(c3)OCCCO4)CC2)cc1. The van der Waals surface area contributed by atoms with Crippen molar-refractivity contribution in [2.75, 3.05) is 64.3 Å². The van der Waals surface area contributed by atoms with Gasteiger partial charge in [-0.3, -0.25) is 19.4 Å². The van der Waals surface area contributed by atoms with Gasteiger partial charge in [0.2, 0.25) is 11.8 Å². The first-order chi connectivity index (χ1) is 17.5. The summed E-state index contributed by atoms with van der Waals surface area (Å²) in [6.45, 7) is 7.78. The van der Waals surface area contributed by atoms with Crippen molar-refractivity contribution >= 4 is 17.5 Å². The molecule has 1 atom stereocenters. The zero-order chi connectivity index (χ0) is 24.9. The standard InChI is InChI=1S/C28H36N4O4/c1-21-5-8-23(9-6-21)29-27(33)19-30-12-14-31(15-13-30)28(34)20-32-11-2-4-24(32)22-7-10-25-26(18-22)36-17-3-16-35-25/h5-10,18,24H,2-4,11-17,19-20H2,1H3,(H,29,33). The van der Waals surface area contributed by atoms with Crippen LogP contribution >= 0.6 is 0 Å². The van der Waals surface area contributed by atoms with Crippen LogP contribution in [-0.4, -0.2) is 85.5 Å². The minimum absolute atomic E-state index is 0.0197. The first kappa shape index (κ1) is 24.6. The molecular weight excluding hydrogens is 456 g/mol. The molecule has 5 rings (SSSR count). The second-order valence-corrected chi connectivity index (χ2v) is 9.96. The van der Waals surface area contributed by atoms with E-state index in [2.05, 4.69) is 27.2 Å². The Hall–Kier alpha value is -3.10. The average Bonchev–Trinajstić information content (AvgIpc) is 3.21. The van der Waals surface area contributed by atoms with Crippen LogP contribution in [0.4, 0.5) is 5.69 Å². The highest BCUT2D eigenvalue weighted by atomic mass is 16.5. The number of carbonyl (C=O) groups excluding carboxylic acids is 2. The smallest absolute Gasteiger partial charge is 0.238 e. The molecule has 2 fully saturated rings. The first-order valence-electron chi connectivity index (χ1n) is 13.1. The minimum atomic E-state index is -0.0197. The number of carbonyl (C=O) groups is 2. The predicted molar refractivity (Wildman–Crippen MR) is 138 cm³/mol. The van der Waals surface area contributed by atoms with Crippen molar-refractivity contribution in [1.29, 1.82) is 0 Å². The van der Waals surface area contributed by atoms with E-state index in [1.54, 1.807) is 0 Å². The molecule has 3 aliphatic heterocycles. The maximum atomic E-state index is 13.1. The number of nitrogens with zero attached hydrogens (tertiary/aromatic N) is 3. The lowest BCUT2D eigenvalue weighted by molar-refractivity contribution is -0.134. The Morgan fingerprint density at radius 1 is 0.889 bits per heavy atom. The normalized spacial score (nSPS) is 20.7. The number of fused-ring (bicyclic) bond motifs is 1. The summed E-state index contributed by atoms with van der Waals surface area (Å²) in [5.74, 6) is 1.77. The van der Waals surface area contributed by atoms with Gasteiger partial charge < -0.3 is 19.7 Å². The summed E-state index contributed by atoms with van der Waals surface area (Å²) < 4.78 is 11.7. The molecular formula is C28H36N4O4. The van der Waals surface area contributed by atoms with Crippen LogP contribution in [0.3, 0.4) is 0 Å². The number of amides is 2. The van der Waals surface area contributed by atoms with E-state index < -0.39 is 0 Å². The molecule has 2 amide bonds. The van der Waals surface area contributed by atoms with Gasteiger partial charge in [-0.2, -0.15) is 0 Å². The number of benzene rings is 2. The topological polar surface area (TPSA) is 74.4 Å². The summed E-state index contributed by atoms with van der Waals surface area (Å²) in [6, 6.07) is 14.2. The molecule has 1 unspecified atom stereocenters. The minimum Gasteiger partial charge on any atom is -0.490 e. The Balaban J connectivity index is 1.10. The number of ether oxygens (including phenoxy) is 2. The molecule has 1 N–H and O–H groups in total. The van der Waals surface area contributed by atoms with Crippen molar-refractivity contribution in [3.63, 3.8) is 0 Å². The number of hydrogen-bond donors (Lipinski definition) is 1. The molecule has 0 spiro atoms. The summed E-state index contributed by atoms with van der Waals surface area (Å²) in [5, 5.41) is 2.96. The Morgan fingerprint density at radius 2 is 1.64 bits per heavy atom. The van der Waals surface area contributed by atoms with Crippen molar-refractivity contribution in [2.24, 2.45) is 0 Å². The van der Waals surface area contributed by atoms with E-state index >= 15 is 0 Å². The van der Waals surface area contributed by atoms with Crippen LogP contribution in [0, 0.1) is 6.92 Å². The van der Waals surface area contributed by atoms with Crippen molar-refractivity contribution in [1.82, 2.24) is 14.7 Å². The zero-order valence-electron chi connectivity index (χ0n) is 21.1. The van der Waals surface area contributed by atoms with Crippen LogP contribution < -0.4 is 14.8 Å². The number of hydrogen-bond acceptors (Lipinski definition) is 6. The van der Waals surface area contributed by atoms with Crippen LogP contribution in [0.25, 0.3) is 0 Å². The molecule has 8 heteroatoms. The molecule has 0 bridgehead atoms. The van der Waals surface area contributed by atoms with Gasteiger partial charge >= 0.3 is 0 Å². The van der Waals surface area contributed by atoms with Gasteiger partial charge in [0, 0.05) is 44.3 Å². The first-order valence-corrected chi connectivity index (χ1v) is 13.1. The summed E-state index contributed by atoms with van der Waals surface area (Å²) >= 11 is 0. The van der Waals surface area contributed by atoms with E-state index in [-0.39, 0.29) is 17.9 Å². The van der Waals surface area contributed by atoms with Crippen molar-refractivity contribution in [3.05, 3.63) is 53.6 Å². The Bertz CT molecular complexity index is 1070. The third kappa shape index (κ3) is 5.99. The molecule has 8 nitrogen and oxygen atoms in total. The molecule has 0 saturated carbocycles. The van der Waals surface area contributed by atoms with Crippen molar-refractivity contribution in [3.8, 4) is 11.5 Å². The highest BCUT2D eigenvalue weighted by Crippen LogP contribution is 2.37. The van der Waals surface area contributed by atoms with Gasteiger partial charge in [-0.1, -0.05) is 23.8 Å². The zero-order valence-corrected chi connectivity index (χ0v) is 21.1. The van der Waals surface area contributed by atoms with Crippen molar-refractivity contribution in [2.45, 2.75) is 32.2 Å². The molecule has 0 aromatic heterocycles. The van der Waals surface area contributed by atoms with Crippen LogP contribution in [-0.2, 0) is 9.59 Å². The van der Waals surface area contributed by atoms with Gasteiger partial charge in [-0.15, -0.1) is 0 Å². The Morgan fingerprint density at radius 3 is 2.42 bits per heavy atom. The largest absolute Gasteiger partial charge is 0.490 e. The monoisotopic (exact) mass is 492 g/mol. The molecule has 2 saturated heterocycles. The third-order valence-corrected chi connectivity index (χ3v) is 7.29. The lowest BCUT2D eigenvalue weighted by atomic mass is 10.0. The van der Waals surface area contributed by atoms with Gasteiger partial charge in [0.15, 0.2) is 11.5 Å². The maximum absolute atomic E-state index is 13.1. The highest BCUT2D eigenvalue weighted by Gasteiger charge is 2.31. The van der Waals surface area contributed by atoms with E-state index in [9.17, 15) is 9.59 Å². The fourth-order valence-corrected chi connectivity index (χ4v) is 5.25. The van der Waals surface area contributed by atoms with Gasteiger partial charge in [-0.05, 0) is 56.1 Å². The molecule has 3 aliphatic rings. The summed E-state index contributed by atoms with van der Waals surface area (Å²) in [6.07, 6.45) is 3.01. The molecule has 0 aliphatic carbocycles. The van der Waals surface area contributed by atoms with Crippen LogP contribution in [0.1, 0.15) is 36.4 Å². The molecule has 192 valence electrons. The van der Waals surface area contributed by atoms with E-state index in [1.165, 1.54) is 5.56 Å². The van der Waals surface area contributed by atoms with Crippen LogP contribution in [0.5, 0.6) is 11.5 Å². The van der Waals surface area contributed by atoms with Crippen molar-refractivity contribution < 1.29 is 19.1 Å². The molecule has 36 heavy (non-hydrogen) atoms. The van der Waals surface area contributed by atoms with E-state index in [4.69, 9.17) is 9.47 Å². The Kier molecular flexibility index (Phi) is 7.72. The maximum Gasteiger partial charge on any atom is 0.238 e. The number of aryl methyl sites for hydroxylation is 1. The summed E-state index contributed by atoms with van der Waals surface area (Å²) in [5.41, 5.74) is 3.16. The quantitative estimate of drug-likeness (QED) is 0.668.